The largest absolute Gasteiger partial charge is 0.385 e. The number of rotatable bonds is 11. The molecule has 2 aromatic rings. The minimum atomic E-state index is -0.450. The van der Waals surface area contributed by atoms with Crippen molar-refractivity contribution >= 4 is 29.3 Å². The summed E-state index contributed by atoms with van der Waals surface area (Å²) < 4.78 is 4.96. The second-order valence-electron chi connectivity index (χ2n) is 6.69. The zero-order valence-electron chi connectivity index (χ0n) is 17.2. The third-order valence-corrected chi connectivity index (χ3v) is 5.48. The predicted molar refractivity (Wildman–Crippen MR) is 117 cm³/mol. The SMILES string of the molecule is COCCCNC(=O)CN(C)C(C)C(=O)Nc1ccccc1Sc1ccccc1. The van der Waals surface area contributed by atoms with E-state index in [0.29, 0.717) is 13.2 Å². The Bertz CT molecular complexity index is 786. The van der Waals surface area contributed by atoms with Gasteiger partial charge in [0, 0.05) is 30.1 Å². The summed E-state index contributed by atoms with van der Waals surface area (Å²) >= 11 is 1.60. The van der Waals surface area contributed by atoms with Gasteiger partial charge >= 0.3 is 0 Å². The zero-order chi connectivity index (χ0) is 21.1. The van der Waals surface area contributed by atoms with Crippen LogP contribution in [0.25, 0.3) is 0 Å². The van der Waals surface area contributed by atoms with Gasteiger partial charge in [0.25, 0.3) is 0 Å². The molecule has 0 aromatic heterocycles. The highest BCUT2D eigenvalue weighted by Crippen LogP contribution is 2.33. The van der Waals surface area contributed by atoms with Crippen LogP contribution < -0.4 is 10.6 Å². The van der Waals surface area contributed by atoms with E-state index in [1.807, 2.05) is 54.6 Å². The van der Waals surface area contributed by atoms with Gasteiger partial charge in [0.15, 0.2) is 0 Å². The van der Waals surface area contributed by atoms with Gasteiger partial charge in [0.1, 0.15) is 0 Å². The molecule has 2 amide bonds. The lowest BCUT2D eigenvalue weighted by molar-refractivity contribution is -0.124. The van der Waals surface area contributed by atoms with Crippen LogP contribution in [-0.2, 0) is 14.3 Å². The number of likely N-dealkylation sites (N-methyl/N-ethyl adjacent to an activating group) is 1. The van der Waals surface area contributed by atoms with E-state index >= 15 is 0 Å². The number of carbonyl (C=O) groups excluding carboxylic acids is 2. The van der Waals surface area contributed by atoms with Crippen molar-refractivity contribution in [2.24, 2.45) is 0 Å². The smallest absolute Gasteiger partial charge is 0.241 e. The molecule has 2 rings (SSSR count). The summed E-state index contributed by atoms with van der Waals surface area (Å²) in [5, 5.41) is 5.83. The first-order chi connectivity index (χ1) is 14.0. The Kier molecular flexibility index (Phi) is 9.70. The number of ether oxygens (including phenoxy) is 1. The van der Waals surface area contributed by atoms with Gasteiger partial charge in [0.05, 0.1) is 18.3 Å². The fourth-order valence-corrected chi connectivity index (χ4v) is 3.50. The van der Waals surface area contributed by atoms with Crippen molar-refractivity contribution in [1.29, 1.82) is 0 Å². The van der Waals surface area contributed by atoms with Crippen LogP contribution in [0.5, 0.6) is 0 Å². The van der Waals surface area contributed by atoms with Gasteiger partial charge in [-0.25, -0.2) is 0 Å². The number of methoxy groups -OCH3 is 1. The molecule has 0 radical (unpaired) electrons. The maximum absolute atomic E-state index is 12.7. The summed E-state index contributed by atoms with van der Waals surface area (Å²) in [5.41, 5.74) is 0.760. The molecule has 29 heavy (non-hydrogen) atoms. The number of hydrogen-bond donors (Lipinski definition) is 2. The van der Waals surface area contributed by atoms with E-state index in [-0.39, 0.29) is 18.4 Å². The maximum Gasteiger partial charge on any atom is 0.241 e. The van der Waals surface area contributed by atoms with Crippen molar-refractivity contribution < 1.29 is 14.3 Å². The molecule has 0 saturated carbocycles. The van der Waals surface area contributed by atoms with E-state index in [4.69, 9.17) is 4.74 Å². The Morgan fingerprint density at radius 3 is 2.52 bits per heavy atom. The molecule has 0 saturated heterocycles. The van der Waals surface area contributed by atoms with Crippen LogP contribution in [-0.4, -0.2) is 56.6 Å². The Labute approximate surface area is 177 Å². The molecule has 0 aliphatic carbocycles. The lowest BCUT2D eigenvalue weighted by Gasteiger charge is -2.23. The summed E-state index contributed by atoms with van der Waals surface area (Å²) in [7, 11) is 3.40. The number of anilines is 1. The lowest BCUT2D eigenvalue weighted by atomic mass is 10.2. The molecule has 0 spiro atoms. The summed E-state index contributed by atoms with van der Waals surface area (Å²) in [5.74, 6) is -0.260. The highest BCUT2D eigenvalue weighted by molar-refractivity contribution is 7.99. The summed E-state index contributed by atoms with van der Waals surface area (Å²) in [6.07, 6.45) is 0.762. The fraction of sp³-hybridized carbons (Fsp3) is 0.364. The van der Waals surface area contributed by atoms with E-state index < -0.39 is 6.04 Å². The van der Waals surface area contributed by atoms with Crippen LogP contribution in [0.1, 0.15) is 13.3 Å². The molecule has 0 heterocycles. The normalized spacial score (nSPS) is 11.9. The van der Waals surface area contributed by atoms with Crippen LogP contribution in [0.4, 0.5) is 5.69 Å². The first-order valence-electron chi connectivity index (χ1n) is 9.60. The highest BCUT2D eigenvalue weighted by atomic mass is 32.2. The standard InChI is InChI=1S/C22H29N3O3S/c1-17(25(2)16-21(26)23-14-9-15-28-3)22(27)24-19-12-7-8-13-20(19)29-18-10-5-4-6-11-18/h4-8,10-13,17H,9,14-16H2,1-3H3,(H,23,26)(H,24,27). The average Bonchev–Trinajstić information content (AvgIpc) is 2.72. The quantitative estimate of drug-likeness (QED) is 0.552. The van der Waals surface area contributed by atoms with Crippen molar-refractivity contribution in [2.75, 3.05) is 39.2 Å². The van der Waals surface area contributed by atoms with E-state index in [2.05, 4.69) is 10.6 Å². The molecule has 1 atom stereocenters. The number of para-hydroxylation sites is 1. The third kappa shape index (κ3) is 7.89. The topological polar surface area (TPSA) is 70.7 Å². The average molecular weight is 416 g/mol. The number of carbonyl (C=O) groups is 2. The number of hydrogen-bond acceptors (Lipinski definition) is 5. The van der Waals surface area contributed by atoms with E-state index in [1.165, 1.54) is 0 Å². The van der Waals surface area contributed by atoms with E-state index in [9.17, 15) is 9.59 Å². The Hall–Kier alpha value is -2.35. The second kappa shape index (κ2) is 12.3. The Balaban J connectivity index is 1.91. The van der Waals surface area contributed by atoms with E-state index in [0.717, 1.165) is 21.9 Å². The number of nitrogens with one attached hydrogen (secondary N) is 2. The van der Waals surface area contributed by atoms with Gasteiger partial charge < -0.3 is 15.4 Å². The van der Waals surface area contributed by atoms with Crippen molar-refractivity contribution in [1.82, 2.24) is 10.2 Å². The zero-order valence-corrected chi connectivity index (χ0v) is 18.0. The molecule has 0 bridgehead atoms. The van der Waals surface area contributed by atoms with Gasteiger partial charge in [-0.3, -0.25) is 14.5 Å². The number of amides is 2. The minimum absolute atomic E-state index is 0.108. The second-order valence-corrected chi connectivity index (χ2v) is 7.80. The first kappa shape index (κ1) is 22.9. The molecule has 1 unspecified atom stereocenters. The minimum Gasteiger partial charge on any atom is -0.385 e. The molecule has 2 aromatic carbocycles. The molecule has 0 aliphatic heterocycles. The molecular weight excluding hydrogens is 386 g/mol. The first-order valence-corrected chi connectivity index (χ1v) is 10.4. The van der Waals surface area contributed by atoms with Gasteiger partial charge in [-0.1, -0.05) is 42.1 Å². The lowest BCUT2D eigenvalue weighted by Crippen LogP contribution is -2.45. The monoisotopic (exact) mass is 415 g/mol. The predicted octanol–water partition coefficient (Wildman–Crippen LogP) is 3.25. The van der Waals surface area contributed by atoms with Crippen molar-refractivity contribution in [3.63, 3.8) is 0 Å². The summed E-state index contributed by atoms with van der Waals surface area (Å²) in [6, 6.07) is 17.3. The van der Waals surface area contributed by atoms with Crippen LogP contribution in [0.2, 0.25) is 0 Å². The fourth-order valence-electron chi connectivity index (χ4n) is 2.58. The van der Waals surface area contributed by atoms with Crippen LogP contribution in [0.15, 0.2) is 64.4 Å². The van der Waals surface area contributed by atoms with Gasteiger partial charge in [-0.15, -0.1) is 0 Å². The number of benzene rings is 2. The third-order valence-electron chi connectivity index (χ3n) is 4.40. The molecule has 0 fully saturated rings. The Morgan fingerprint density at radius 1 is 1.10 bits per heavy atom. The van der Waals surface area contributed by atoms with Crippen LogP contribution >= 0.6 is 11.8 Å². The van der Waals surface area contributed by atoms with Crippen LogP contribution in [0.3, 0.4) is 0 Å². The highest BCUT2D eigenvalue weighted by Gasteiger charge is 2.21. The number of nitrogens with zero attached hydrogens (tertiary/aromatic N) is 1. The molecule has 156 valence electrons. The molecule has 0 aliphatic rings. The van der Waals surface area contributed by atoms with Gasteiger partial charge in [-0.05, 0) is 44.7 Å². The van der Waals surface area contributed by atoms with Crippen molar-refractivity contribution in [3.8, 4) is 0 Å². The summed E-state index contributed by atoms with van der Waals surface area (Å²) in [6.45, 7) is 3.11. The van der Waals surface area contributed by atoms with Gasteiger partial charge in [0.2, 0.25) is 11.8 Å². The Morgan fingerprint density at radius 2 is 1.79 bits per heavy atom. The molecule has 2 N–H and O–H groups in total. The molecular formula is C22H29N3O3S. The molecule has 6 nitrogen and oxygen atoms in total. The molecule has 7 heteroatoms. The maximum atomic E-state index is 12.7. The summed E-state index contributed by atoms with van der Waals surface area (Å²) in [4.78, 5) is 28.6. The van der Waals surface area contributed by atoms with Crippen molar-refractivity contribution in [3.05, 3.63) is 54.6 Å². The van der Waals surface area contributed by atoms with Crippen molar-refractivity contribution in [2.45, 2.75) is 29.2 Å². The van der Waals surface area contributed by atoms with Crippen LogP contribution in [0, 0.1) is 0 Å². The van der Waals surface area contributed by atoms with E-state index in [1.54, 1.807) is 37.7 Å². The van der Waals surface area contributed by atoms with Gasteiger partial charge in [-0.2, -0.15) is 0 Å².